The first-order chi connectivity index (χ1) is 8.70. The number of thioether (sulfide) groups is 1. The van der Waals surface area contributed by atoms with Crippen LogP contribution in [0.4, 0.5) is 0 Å². The lowest BCUT2D eigenvalue weighted by Gasteiger charge is -2.12. The van der Waals surface area contributed by atoms with Gasteiger partial charge in [0.25, 0.3) is 0 Å². The van der Waals surface area contributed by atoms with Gasteiger partial charge in [-0.1, -0.05) is 36.4 Å². The molecule has 0 saturated heterocycles. The zero-order chi connectivity index (χ0) is 13.0. The van der Waals surface area contributed by atoms with Gasteiger partial charge in [0, 0.05) is 4.90 Å². The van der Waals surface area contributed by atoms with Crippen LogP contribution in [0, 0.1) is 6.92 Å². The molecule has 0 aliphatic carbocycles. The average molecular weight is 277 g/mol. The first-order valence-electron chi connectivity index (χ1n) is 6.03. The van der Waals surface area contributed by atoms with E-state index in [4.69, 9.17) is 11.6 Å². The lowest BCUT2D eigenvalue weighted by atomic mass is 10.0. The van der Waals surface area contributed by atoms with E-state index in [-0.39, 0.29) is 5.38 Å². The van der Waals surface area contributed by atoms with Gasteiger partial charge in [-0.05, 0) is 48.4 Å². The van der Waals surface area contributed by atoms with E-state index < -0.39 is 0 Å². The molecular formula is C16H17ClS. The van der Waals surface area contributed by atoms with Crippen LogP contribution in [0.2, 0.25) is 0 Å². The zero-order valence-electron chi connectivity index (χ0n) is 10.7. The van der Waals surface area contributed by atoms with Gasteiger partial charge in [-0.25, -0.2) is 0 Å². The Hall–Kier alpha value is -0.920. The van der Waals surface area contributed by atoms with Crippen LogP contribution in [-0.4, -0.2) is 6.26 Å². The second-order valence-electron chi connectivity index (χ2n) is 4.37. The van der Waals surface area contributed by atoms with E-state index in [1.165, 1.54) is 21.6 Å². The van der Waals surface area contributed by atoms with Crippen molar-refractivity contribution in [3.8, 4) is 0 Å². The Morgan fingerprint density at radius 1 is 1.06 bits per heavy atom. The van der Waals surface area contributed by atoms with Gasteiger partial charge in [0.05, 0.1) is 5.38 Å². The predicted molar refractivity (Wildman–Crippen MR) is 81.7 cm³/mol. The third-order valence-corrected chi connectivity index (χ3v) is 4.29. The van der Waals surface area contributed by atoms with E-state index in [0.717, 1.165) is 6.42 Å². The Morgan fingerprint density at radius 2 is 1.72 bits per heavy atom. The number of rotatable bonds is 4. The first kappa shape index (κ1) is 13.5. The monoisotopic (exact) mass is 276 g/mol. The molecule has 2 aromatic carbocycles. The molecule has 18 heavy (non-hydrogen) atoms. The molecule has 0 bridgehead atoms. The minimum atomic E-state index is 0.0435. The fourth-order valence-electron chi connectivity index (χ4n) is 1.96. The average Bonchev–Trinajstić information content (AvgIpc) is 2.41. The number of hydrogen-bond acceptors (Lipinski definition) is 1. The molecule has 0 spiro atoms. The maximum Gasteiger partial charge on any atom is 0.0625 e. The summed E-state index contributed by atoms with van der Waals surface area (Å²) in [5.74, 6) is 0. The van der Waals surface area contributed by atoms with Crippen LogP contribution in [0.5, 0.6) is 0 Å². The van der Waals surface area contributed by atoms with Crippen molar-refractivity contribution in [1.82, 2.24) is 0 Å². The molecule has 2 heteroatoms. The molecule has 2 rings (SSSR count). The lowest BCUT2D eigenvalue weighted by molar-refractivity contribution is 0.909. The van der Waals surface area contributed by atoms with Crippen LogP contribution in [0.3, 0.4) is 0 Å². The van der Waals surface area contributed by atoms with Crippen molar-refractivity contribution in [3.05, 3.63) is 65.2 Å². The second kappa shape index (κ2) is 6.31. The van der Waals surface area contributed by atoms with Gasteiger partial charge >= 0.3 is 0 Å². The summed E-state index contributed by atoms with van der Waals surface area (Å²) < 4.78 is 0. The normalized spacial score (nSPS) is 12.4. The van der Waals surface area contributed by atoms with Crippen molar-refractivity contribution < 1.29 is 0 Å². The van der Waals surface area contributed by atoms with Crippen molar-refractivity contribution in [3.63, 3.8) is 0 Å². The van der Waals surface area contributed by atoms with Crippen molar-refractivity contribution in [2.75, 3.05) is 6.26 Å². The summed E-state index contributed by atoms with van der Waals surface area (Å²) in [5, 5.41) is 0.0435. The standard InChI is InChI=1S/C16H17ClS/c1-12-5-3-4-6-14(12)11-16(17)13-7-9-15(18-2)10-8-13/h3-10,16H,11H2,1-2H3. The zero-order valence-corrected chi connectivity index (χ0v) is 12.3. The summed E-state index contributed by atoms with van der Waals surface area (Å²) >= 11 is 8.25. The minimum absolute atomic E-state index is 0.0435. The molecule has 0 fully saturated rings. The molecule has 2 aromatic rings. The molecule has 0 aliphatic heterocycles. The van der Waals surface area contributed by atoms with Gasteiger partial charge in [-0.2, -0.15) is 0 Å². The van der Waals surface area contributed by atoms with Gasteiger partial charge in [-0.3, -0.25) is 0 Å². The van der Waals surface area contributed by atoms with Crippen molar-refractivity contribution in [2.24, 2.45) is 0 Å². The Labute approximate surface area is 118 Å². The van der Waals surface area contributed by atoms with Gasteiger partial charge in [0.15, 0.2) is 0 Å². The van der Waals surface area contributed by atoms with Gasteiger partial charge < -0.3 is 0 Å². The molecule has 0 heterocycles. The van der Waals surface area contributed by atoms with Crippen molar-refractivity contribution in [1.29, 1.82) is 0 Å². The molecule has 0 nitrogen and oxygen atoms in total. The highest BCUT2D eigenvalue weighted by Crippen LogP contribution is 2.27. The molecule has 0 aliphatic rings. The van der Waals surface area contributed by atoms with Gasteiger partial charge in [0.1, 0.15) is 0 Å². The molecule has 1 atom stereocenters. The van der Waals surface area contributed by atoms with E-state index in [1.54, 1.807) is 11.8 Å². The largest absolute Gasteiger partial charge is 0.130 e. The highest BCUT2D eigenvalue weighted by atomic mass is 35.5. The molecule has 1 unspecified atom stereocenters. The quantitative estimate of drug-likeness (QED) is 0.544. The molecule has 0 aromatic heterocycles. The molecular weight excluding hydrogens is 260 g/mol. The molecule has 0 N–H and O–H groups in total. The van der Waals surface area contributed by atoms with E-state index in [9.17, 15) is 0 Å². The summed E-state index contributed by atoms with van der Waals surface area (Å²) in [4.78, 5) is 1.28. The predicted octanol–water partition coefficient (Wildman–Crippen LogP) is 5.24. The summed E-state index contributed by atoms with van der Waals surface area (Å²) in [6.45, 7) is 2.13. The van der Waals surface area contributed by atoms with E-state index in [0.29, 0.717) is 0 Å². The molecule has 0 amide bonds. The van der Waals surface area contributed by atoms with E-state index >= 15 is 0 Å². The van der Waals surface area contributed by atoms with Crippen LogP contribution < -0.4 is 0 Å². The third-order valence-electron chi connectivity index (χ3n) is 3.14. The highest BCUT2D eigenvalue weighted by molar-refractivity contribution is 7.98. The molecule has 0 radical (unpaired) electrons. The first-order valence-corrected chi connectivity index (χ1v) is 7.69. The Morgan fingerprint density at radius 3 is 2.33 bits per heavy atom. The van der Waals surface area contributed by atoms with Crippen LogP contribution in [0.15, 0.2) is 53.4 Å². The fourth-order valence-corrected chi connectivity index (χ4v) is 2.68. The Balaban J connectivity index is 2.11. The van der Waals surface area contributed by atoms with E-state index in [2.05, 4.69) is 61.7 Å². The fraction of sp³-hybridized carbons (Fsp3) is 0.250. The Kier molecular flexibility index (Phi) is 4.73. The number of halogens is 1. The highest BCUT2D eigenvalue weighted by Gasteiger charge is 2.10. The van der Waals surface area contributed by atoms with Gasteiger partial charge in [-0.15, -0.1) is 23.4 Å². The third kappa shape index (κ3) is 3.30. The van der Waals surface area contributed by atoms with Crippen LogP contribution in [0.1, 0.15) is 22.1 Å². The number of alkyl halides is 1. The number of aryl methyl sites for hydroxylation is 1. The van der Waals surface area contributed by atoms with Crippen molar-refractivity contribution >= 4 is 23.4 Å². The van der Waals surface area contributed by atoms with Crippen LogP contribution in [0.25, 0.3) is 0 Å². The Bertz CT molecular complexity index is 505. The van der Waals surface area contributed by atoms with Gasteiger partial charge in [0.2, 0.25) is 0 Å². The molecule has 94 valence electrons. The molecule has 0 saturated carbocycles. The van der Waals surface area contributed by atoms with Crippen molar-refractivity contribution in [2.45, 2.75) is 23.6 Å². The van der Waals surface area contributed by atoms with E-state index in [1.807, 2.05) is 0 Å². The lowest BCUT2D eigenvalue weighted by Crippen LogP contribution is -1.97. The number of hydrogen-bond donors (Lipinski definition) is 0. The topological polar surface area (TPSA) is 0 Å². The summed E-state index contributed by atoms with van der Waals surface area (Å²) in [5.41, 5.74) is 3.83. The SMILES string of the molecule is CSc1ccc(C(Cl)Cc2ccccc2C)cc1. The second-order valence-corrected chi connectivity index (χ2v) is 5.78. The summed E-state index contributed by atoms with van der Waals surface area (Å²) in [6, 6.07) is 16.9. The van der Waals surface area contributed by atoms with Crippen LogP contribution >= 0.6 is 23.4 Å². The number of benzene rings is 2. The maximum absolute atomic E-state index is 6.50. The van der Waals surface area contributed by atoms with Crippen LogP contribution in [-0.2, 0) is 6.42 Å². The smallest absolute Gasteiger partial charge is 0.0625 e. The summed E-state index contributed by atoms with van der Waals surface area (Å²) in [7, 11) is 0. The minimum Gasteiger partial charge on any atom is -0.130 e. The summed E-state index contributed by atoms with van der Waals surface area (Å²) in [6.07, 6.45) is 2.97. The maximum atomic E-state index is 6.50.